The highest BCUT2D eigenvalue weighted by Gasteiger charge is 2.46. The average molecular weight is 554 g/mol. The van der Waals surface area contributed by atoms with Crippen LogP contribution >= 0.6 is 7.37 Å². The van der Waals surface area contributed by atoms with Crippen LogP contribution in [-0.2, 0) is 30.3 Å². The first-order valence-electron chi connectivity index (χ1n) is 13.1. The van der Waals surface area contributed by atoms with Gasteiger partial charge >= 0.3 is 6.09 Å². The van der Waals surface area contributed by atoms with Crippen molar-refractivity contribution < 1.29 is 33.4 Å². The van der Waals surface area contributed by atoms with E-state index in [1.807, 2.05) is 20.8 Å². The maximum Gasteiger partial charge on any atom is 0.417 e. The summed E-state index contributed by atoms with van der Waals surface area (Å²) in [4.78, 5) is 63.2. The fourth-order valence-electron chi connectivity index (χ4n) is 3.84. The quantitative estimate of drug-likeness (QED) is 0.218. The van der Waals surface area contributed by atoms with Crippen molar-refractivity contribution in [1.29, 1.82) is 0 Å². The molecule has 3 amide bonds. The van der Waals surface area contributed by atoms with Crippen molar-refractivity contribution in [3.05, 3.63) is 35.9 Å². The molecular formula is C27H44N3O7P. The molecule has 4 N–H and O–H groups in total. The summed E-state index contributed by atoms with van der Waals surface area (Å²) in [6.07, 6.45) is -0.503. The van der Waals surface area contributed by atoms with Crippen molar-refractivity contribution in [1.82, 2.24) is 10.2 Å². The highest BCUT2D eigenvalue weighted by molar-refractivity contribution is 7.59. The summed E-state index contributed by atoms with van der Waals surface area (Å²) in [6.45, 7) is 10.6. The predicted molar refractivity (Wildman–Crippen MR) is 146 cm³/mol. The number of hydrogen-bond acceptors (Lipinski definition) is 7. The van der Waals surface area contributed by atoms with Gasteiger partial charge in [-0.15, -0.1) is 0 Å². The van der Waals surface area contributed by atoms with Crippen molar-refractivity contribution in [2.45, 2.75) is 85.3 Å². The van der Waals surface area contributed by atoms with Crippen molar-refractivity contribution in [2.75, 3.05) is 6.16 Å². The molecule has 11 heteroatoms. The van der Waals surface area contributed by atoms with Crippen molar-refractivity contribution in [3.63, 3.8) is 0 Å². The van der Waals surface area contributed by atoms with E-state index in [1.165, 1.54) is 0 Å². The monoisotopic (exact) mass is 553 g/mol. The molecule has 10 nitrogen and oxygen atoms in total. The Kier molecular flexibility index (Phi) is 13.9. The van der Waals surface area contributed by atoms with E-state index in [4.69, 9.17) is 10.5 Å². The van der Waals surface area contributed by atoms with E-state index < -0.39 is 55.2 Å². The van der Waals surface area contributed by atoms with Gasteiger partial charge in [0.2, 0.25) is 13.3 Å². The second-order valence-corrected chi connectivity index (χ2v) is 12.7. The molecule has 0 fully saturated rings. The van der Waals surface area contributed by atoms with E-state index in [1.54, 1.807) is 51.1 Å². The van der Waals surface area contributed by atoms with Gasteiger partial charge in [0.15, 0.2) is 0 Å². The number of benzene rings is 1. The molecule has 0 saturated carbocycles. The first-order chi connectivity index (χ1) is 17.8. The van der Waals surface area contributed by atoms with Gasteiger partial charge in [-0.1, -0.05) is 84.7 Å². The van der Waals surface area contributed by atoms with Crippen LogP contribution in [-0.4, -0.2) is 58.0 Å². The molecule has 0 radical (unpaired) electrons. The van der Waals surface area contributed by atoms with Crippen molar-refractivity contribution in [3.8, 4) is 0 Å². The Hall–Kier alpha value is -2.55. The van der Waals surface area contributed by atoms with Gasteiger partial charge in [0.05, 0.1) is 12.2 Å². The number of rotatable bonds is 15. The third-order valence-electron chi connectivity index (χ3n) is 6.76. The minimum Gasteiger partial charge on any atom is -0.444 e. The highest BCUT2D eigenvalue weighted by Crippen LogP contribution is 2.50. The number of hydrogen-bond donors (Lipinski definition) is 3. The zero-order chi connectivity index (χ0) is 29.0. The second-order valence-electron chi connectivity index (χ2n) is 10.2. The highest BCUT2D eigenvalue weighted by atomic mass is 31.2. The van der Waals surface area contributed by atoms with Gasteiger partial charge in [-0.3, -0.25) is 14.2 Å². The van der Waals surface area contributed by atoms with Gasteiger partial charge < -0.3 is 25.5 Å². The molecule has 1 rings (SSSR count). The van der Waals surface area contributed by atoms with Gasteiger partial charge in [-0.2, -0.15) is 0 Å². The number of carbonyl (C=O) groups excluding carboxylic acids is 4. The van der Waals surface area contributed by atoms with Crippen molar-refractivity contribution >= 4 is 31.6 Å². The van der Waals surface area contributed by atoms with Crippen LogP contribution in [0.2, 0.25) is 0 Å². The number of carbonyl (C=O) groups is 4. The maximum absolute atomic E-state index is 14.0. The van der Waals surface area contributed by atoms with Gasteiger partial charge in [0.1, 0.15) is 24.7 Å². The van der Waals surface area contributed by atoms with Gasteiger partial charge in [-0.05, 0) is 29.7 Å². The summed E-state index contributed by atoms with van der Waals surface area (Å²) < 4.78 is 18.7. The lowest BCUT2D eigenvalue weighted by molar-refractivity contribution is -0.138. The van der Waals surface area contributed by atoms with Crippen LogP contribution < -0.4 is 11.1 Å². The fourth-order valence-corrected chi connectivity index (χ4v) is 5.62. The molecule has 0 heterocycles. The number of aldehydes is 1. The second kappa shape index (κ2) is 15.8. The molecule has 2 unspecified atom stereocenters. The Labute approximate surface area is 226 Å². The maximum atomic E-state index is 14.0. The van der Waals surface area contributed by atoms with Gasteiger partial charge in [0.25, 0.3) is 5.91 Å². The SMILES string of the molecule is CC[C@H](C)[C@H](N)C(=O)N[C@H](C(=O)N(C(=O)OCc1ccccc1)C(CC(C)C)P(=O)(O)CC=O)[C@@H](C)CC. The zero-order valence-corrected chi connectivity index (χ0v) is 24.2. The summed E-state index contributed by atoms with van der Waals surface area (Å²) in [6, 6.07) is 6.68. The van der Waals surface area contributed by atoms with E-state index in [2.05, 4.69) is 5.32 Å². The van der Waals surface area contributed by atoms with Gasteiger partial charge in [-0.25, -0.2) is 9.69 Å². The molecule has 0 aliphatic rings. The molecule has 0 spiro atoms. The van der Waals surface area contributed by atoms with Crippen molar-refractivity contribution in [2.24, 2.45) is 23.5 Å². The standard InChI is InChI=1S/C27H44N3O7P/c1-7-19(5)23(28)25(32)29-24(20(6)8-2)26(33)30(22(16-18(3)4)38(35,36)15-14-31)27(34)37-17-21-12-10-9-11-13-21/h9-14,18-20,22-24H,7-8,15-17,28H2,1-6H3,(H,29,32)(H,35,36)/t19-,20-,22?,23-,24-/m0/s1. The molecular weight excluding hydrogens is 509 g/mol. The van der Waals surface area contributed by atoms with E-state index >= 15 is 0 Å². The lowest BCUT2D eigenvalue weighted by atomic mass is 9.95. The summed E-state index contributed by atoms with van der Waals surface area (Å²) in [5.41, 5.74) is 6.74. The Morgan fingerprint density at radius 2 is 1.66 bits per heavy atom. The Morgan fingerprint density at radius 1 is 1.08 bits per heavy atom. The molecule has 0 aliphatic heterocycles. The molecule has 1 aromatic rings. The topological polar surface area (TPSA) is 156 Å². The van der Waals surface area contributed by atoms with Crippen LogP contribution in [0.1, 0.15) is 66.4 Å². The molecule has 0 bridgehead atoms. The molecule has 38 heavy (non-hydrogen) atoms. The lowest BCUT2D eigenvalue weighted by Gasteiger charge is -2.36. The molecule has 0 aliphatic carbocycles. The third-order valence-corrected chi connectivity index (χ3v) is 8.80. The van der Waals surface area contributed by atoms with Crippen LogP contribution in [0.3, 0.4) is 0 Å². The fraction of sp³-hybridized carbons (Fsp3) is 0.630. The first-order valence-corrected chi connectivity index (χ1v) is 15.1. The summed E-state index contributed by atoms with van der Waals surface area (Å²) >= 11 is 0. The average Bonchev–Trinajstić information content (AvgIpc) is 2.88. The van der Waals surface area contributed by atoms with Crippen LogP contribution in [0.4, 0.5) is 4.79 Å². The van der Waals surface area contributed by atoms with E-state index in [0.717, 1.165) is 0 Å². The third kappa shape index (κ3) is 9.64. The van der Waals surface area contributed by atoms with Crippen LogP contribution in [0, 0.1) is 17.8 Å². The molecule has 214 valence electrons. The predicted octanol–water partition coefficient (Wildman–Crippen LogP) is 3.90. The molecule has 0 aromatic heterocycles. The lowest BCUT2D eigenvalue weighted by Crippen LogP contribution is -2.59. The summed E-state index contributed by atoms with van der Waals surface area (Å²) in [7, 11) is -4.37. The number of imide groups is 1. The Morgan fingerprint density at radius 3 is 2.16 bits per heavy atom. The number of ether oxygens (including phenoxy) is 1. The zero-order valence-electron chi connectivity index (χ0n) is 23.3. The Balaban J connectivity index is 3.53. The smallest absolute Gasteiger partial charge is 0.417 e. The molecule has 0 saturated heterocycles. The number of nitrogens with two attached hydrogens (primary N) is 1. The minimum atomic E-state index is -4.37. The summed E-state index contributed by atoms with van der Waals surface area (Å²) in [5.74, 6) is -3.77. The van der Waals surface area contributed by atoms with E-state index in [9.17, 15) is 28.6 Å². The van der Waals surface area contributed by atoms with E-state index in [-0.39, 0.29) is 24.9 Å². The number of amides is 3. The molecule has 6 atom stereocenters. The largest absolute Gasteiger partial charge is 0.444 e. The minimum absolute atomic E-state index is 0.0403. The summed E-state index contributed by atoms with van der Waals surface area (Å²) in [5, 5.41) is 2.68. The van der Waals surface area contributed by atoms with Crippen LogP contribution in [0.25, 0.3) is 0 Å². The first kappa shape index (κ1) is 33.5. The van der Waals surface area contributed by atoms with Crippen LogP contribution in [0.15, 0.2) is 30.3 Å². The normalized spacial score (nSPS) is 16.9. The number of nitrogens with one attached hydrogen (secondary N) is 1. The molecule has 1 aromatic carbocycles. The Bertz CT molecular complexity index is 973. The number of nitrogens with zero attached hydrogens (tertiary/aromatic N) is 1. The van der Waals surface area contributed by atoms with Crippen LogP contribution in [0.5, 0.6) is 0 Å². The van der Waals surface area contributed by atoms with E-state index in [0.29, 0.717) is 29.6 Å². The van der Waals surface area contributed by atoms with Gasteiger partial charge in [0, 0.05) is 0 Å².